The van der Waals surface area contributed by atoms with Gasteiger partial charge >= 0.3 is 11.8 Å². The minimum Gasteiger partial charge on any atom is -0.368 e. The minimum absolute atomic E-state index is 0.00147. The molecular formula is C18H17ClN4O4. The Morgan fingerprint density at radius 2 is 1.74 bits per heavy atom. The molecule has 1 heterocycles. The van der Waals surface area contributed by atoms with Crippen LogP contribution in [0.2, 0.25) is 5.02 Å². The number of amides is 2. The first kappa shape index (κ1) is 18.7. The number of hydrogen-bond donors (Lipinski definition) is 1. The molecule has 0 aliphatic carbocycles. The number of piperazine rings is 1. The molecule has 1 fully saturated rings. The summed E-state index contributed by atoms with van der Waals surface area (Å²) >= 11 is 6.00. The van der Waals surface area contributed by atoms with Gasteiger partial charge in [0.1, 0.15) is 5.69 Å². The highest BCUT2D eigenvalue weighted by Gasteiger charge is 2.27. The molecule has 0 bridgehead atoms. The largest absolute Gasteiger partial charge is 0.368 e. The quantitative estimate of drug-likeness (QED) is 0.495. The second kappa shape index (κ2) is 8.05. The molecule has 2 aromatic rings. The fraction of sp³-hybridized carbons (Fsp3) is 0.222. The molecule has 0 radical (unpaired) electrons. The molecule has 2 amide bonds. The molecule has 1 saturated heterocycles. The predicted molar refractivity (Wildman–Crippen MR) is 102 cm³/mol. The third-order valence-electron chi connectivity index (χ3n) is 4.28. The number of halogens is 1. The maximum absolute atomic E-state index is 12.4. The number of anilines is 2. The van der Waals surface area contributed by atoms with Crippen molar-refractivity contribution in [1.29, 1.82) is 0 Å². The van der Waals surface area contributed by atoms with Gasteiger partial charge in [-0.25, -0.2) is 0 Å². The molecule has 27 heavy (non-hydrogen) atoms. The van der Waals surface area contributed by atoms with Crippen molar-refractivity contribution in [2.75, 3.05) is 36.4 Å². The van der Waals surface area contributed by atoms with E-state index in [-0.39, 0.29) is 11.4 Å². The molecule has 1 aliphatic heterocycles. The van der Waals surface area contributed by atoms with E-state index in [1.54, 1.807) is 12.1 Å². The van der Waals surface area contributed by atoms with Crippen LogP contribution in [0.25, 0.3) is 0 Å². The monoisotopic (exact) mass is 388 g/mol. The van der Waals surface area contributed by atoms with Gasteiger partial charge in [-0.05, 0) is 24.3 Å². The Bertz CT molecular complexity index is 881. The standard InChI is InChI=1S/C18H17ClN4O4/c19-13-4-3-5-14(12-13)21-8-10-22(11-9-21)18(25)17(24)20-15-6-1-2-7-16(15)23(26)27/h1-7,12H,8-11H2,(H,20,24). The number of benzene rings is 2. The summed E-state index contributed by atoms with van der Waals surface area (Å²) in [5.41, 5.74) is 0.696. The van der Waals surface area contributed by atoms with Crippen LogP contribution in [0.15, 0.2) is 48.5 Å². The predicted octanol–water partition coefficient (Wildman–Crippen LogP) is 2.54. The van der Waals surface area contributed by atoms with Gasteiger partial charge in [0, 0.05) is 43.0 Å². The summed E-state index contributed by atoms with van der Waals surface area (Å²) in [7, 11) is 0. The highest BCUT2D eigenvalue weighted by Crippen LogP contribution is 2.24. The first-order chi connectivity index (χ1) is 13.0. The summed E-state index contributed by atoms with van der Waals surface area (Å²) in [6, 6.07) is 13.1. The van der Waals surface area contributed by atoms with Crippen LogP contribution in [0.3, 0.4) is 0 Å². The molecule has 0 aromatic heterocycles. The fourth-order valence-corrected chi connectivity index (χ4v) is 3.08. The number of carbonyl (C=O) groups is 2. The van der Waals surface area contributed by atoms with Gasteiger partial charge in [-0.3, -0.25) is 19.7 Å². The van der Waals surface area contributed by atoms with Crippen LogP contribution in [-0.4, -0.2) is 47.8 Å². The maximum Gasteiger partial charge on any atom is 0.314 e. The molecular weight excluding hydrogens is 372 g/mol. The molecule has 0 atom stereocenters. The van der Waals surface area contributed by atoms with Crippen molar-refractivity contribution in [3.05, 3.63) is 63.7 Å². The van der Waals surface area contributed by atoms with Crippen LogP contribution in [0, 0.1) is 10.1 Å². The van der Waals surface area contributed by atoms with E-state index < -0.39 is 16.7 Å². The Balaban J connectivity index is 1.61. The first-order valence-corrected chi connectivity index (χ1v) is 8.67. The van der Waals surface area contributed by atoms with E-state index in [4.69, 9.17) is 11.6 Å². The van der Waals surface area contributed by atoms with Crippen molar-refractivity contribution in [3.63, 3.8) is 0 Å². The van der Waals surface area contributed by atoms with Crippen LogP contribution in [0.5, 0.6) is 0 Å². The molecule has 1 N–H and O–H groups in total. The van der Waals surface area contributed by atoms with E-state index in [1.165, 1.54) is 23.1 Å². The normalized spacial score (nSPS) is 14.0. The van der Waals surface area contributed by atoms with E-state index in [1.807, 2.05) is 18.2 Å². The van der Waals surface area contributed by atoms with Gasteiger partial charge in [0.05, 0.1) is 4.92 Å². The Hall–Kier alpha value is -3.13. The Labute approximate surface area is 160 Å². The second-order valence-corrected chi connectivity index (χ2v) is 6.42. The highest BCUT2D eigenvalue weighted by molar-refractivity contribution is 6.39. The van der Waals surface area contributed by atoms with E-state index >= 15 is 0 Å². The molecule has 9 heteroatoms. The number of nitrogens with zero attached hydrogens (tertiary/aromatic N) is 3. The topological polar surface area (TPSA) is 95.8 Å². The van der Waals surface area contributed by atoms with Crippen molar-refractivity contribution in [1.82, 2.24) is 4.90 Å². The van der Waals surface area contributed by atoms with E-state index in [9.17, 15) is 19.7 Å². The lowest BCUT2D eigenvalue weighted by molar-refractivity contribution is -0.383. The summed E-state index contributed by atoms with van der Waals surface area (Å²) in [4.78, 5) is 38.5. The summed E-state index contributed by atoms with van der Waals surface area (Å²) in [5, 5.41) is 14.0. The second-order valence-electron chi connectivity index (χ2n) is 5.99. The Morgan fingerprint density at radius 3 is 2.41 bits per heavy atom. The SMILES string of the molecule is O=C(Nc1ccccc1[N+](=O)[O-])C(=O)N1CCN(c2cccc(Cl)c2)CC1. The smallest absolute Gasteiger partial charge is 0.314 e. The van der Waals surface area contributed by atoms with Gasteiger partial charge in [0.2, 0.25) is 0 Å². The van der Waals surface area contributed by atoms with E-state index in [2.05, 4.69) is 10.2 Å². The van der Waals surface area contributed by atoms with Gasteiger partial charge < -0.3 is 15.1 Å². The molecule has 140 valence electrons. The summed E-state index contributed by atoms with van der Waals surface area (Å²) in [5.74, 6) is -1.60. The molecule has 2 aromatic carbocycles. The number of carbonyl (C=O) groups excluding carboxylic acids is 2. The summed E-state index contributed by atoms with van der Waals surface area (Å²) in [6.45, 7) is 1.86. The number of hydrogen-bond acceptors (Lipinski definition) is 5. The van der Waals surface area contributed by atoms with Crippen molar-refractivity contribution in [2.45, 2.75) is 0 Å². The van der Waals surface area contributed by atoms with Crippen LogP contribution < -0.4 is 10.2 Å². The van der Waals surface area contributed by atoms with Gasteiger partial charge in [0.25, 0.3) is 5.69 Å². The zero-order valence-corrected chi connectivity index (χ0v) is 15.1. The third-order valence-corrected chi connectivity index (χ3v) is 4.52. The highest BCUT2D eigenvalue weighted by atomic mass is 35.5. The van der Waals surface area contributed by atoms with Crippen LogP contribution in [0.4, 0.5) is 17.1 Å². The van der Waals surface area contributed by atoms with Crippen LogP contribution >= 0.6 is 11.6 Å². The maximum atomic E-state index is 12.4. The van der Waals surface area contributed by atoms with Gasteiger partial charge in [-0.15, -0.1) is 0 Å². The lowest BCUT2D eigenvalue weighted by Gasteiger charge is -2.35. The van der Waals surface area contributed by atoms with Crippen molar-refractivity contribution in [2.24, 2.45) is 0 Å². The molecule has 8 nitrogen and oxygen atoms in total. The van der Waals surface area contributed by atoms with Gasteiger partial charge in [-0.2, -0.15) is 0 Å². The Morgan fingerprint density at radius 1 is 1.04 bits per heavy atom. The van der Waals surface area contributed by atoms with Crippen LogP contribution in [0.1, 0.15) is 0 Å². The number of nitro benzene ring substituents is 1. The number of rotatable bonds is 3. The zero-order valence-electron chi connectivity index (χ0n) is 14.3. The third kappa shape index (κ3) is 4.35. The van der Waals surface area contributed by atoms with Crippen molar-refractivity contribution < 1.29 is 14.5 Å². The first-order valence-electron chi connectivity index (χ1n) is 8.30. The lowest BCUT2D eigenvalue weighted by Crippen LogP contribution is -2.51. The summed E-state index contributed by atoms with van der Waals surface area (Å²) in [6.07, 6.45) is 0. The lowest BCUT2D eigenvalue weighted by atomic mass is 10.2. The average molecular weight is 389 g/mol. The average Bonchev–Trinajstić information content (AvgIpc) is 2.67. The number of nitrogens with one attached hydrogen (secondary N) is 1. The minimum atomic E-state index is -0.888. The Kier molecular flexibility index (Phi) is 5.56. The molecule has 0 saturated carbocycles. The summed E-state index contributed by atoms with van der Waals surface area (Å²) < 4.78 is 0. The molecule has 0 unspecified atom stereocenters. The number of nitro groups is 1. The zero-order chi connectivity index (χ0) is 19.4. The number of para-hydroxylation sites is 2. The van der Waals surface area contributed by atoms with Gasteiger partial charge in [-0.1, -0.05) is 29.8 Å². The fourth-order valence-electron chi connectivity index (χ4n) is 2.90. The van der Waals surface area contributed by atoms with Crippen LogP contribution in [-0.2, 0) is 9.59 Å². The molecule has 0 spiro atoms. The molecule has 3 rings (SSSR count). The van der Waals surface area contributed by atoms with Crippen molar-refractivity contribution >= 4 is 40.5 Å². The molecule has 1 aliphatic rings. The van der Waals surface area contributed by atoms with E-state index in [0.29, 0.717) is 31.2 Å². The van der Waals surface area contributed by atoms with Crippen molar-refractivity contribution in [3.8, 4) is 0 Å². The van der Waals surface area contributed by atoms with E-state index in [0.717, 1.165) is 5.69 Å². The van der Waals surface area contributed by atoms with Gasteiger partial charge in [0.15, 0.2) is 0 Å².